The van der Waals surface area contributed by atoms with Crippen molar-refractivity contribution in [1.29, 1.82) is 0 Å². The van der Waals surface area contributed by atoms with Crippen molar-refractivity contribution >= 4 is 6.41 Å². The lowest BCUT2D eigenvalue weighted by Crippen LogP contribution is -2.50. The van der Waals surface area contributed by atoms with Crippen molar-refractivity contribution in [2.75, 3.05) is 34.2 Å². The van der Waals surface area contributed by atoms with Crippen LogP contribution in [0.4, 0.5) is 0 Å². The fraction of sp³-hybridized carbons (Fsp3) is 0.889. The number of hydrogen-bond acceptors (Lipinski definition) is 1. The summed E-state index contributed by atoms with van der Waals surface area (Å²) in [5.74, 6) is 0. The molecule has 0 unspecified atom stereocenters. The molecule has 0 atom stereocenters. The van der Waals surface area contributed by atoms with Crippen LogP contribution in [-0.4, -0.2) is 56.1 Å². The monoisotopic (exact) mass is 171 g/mol. The molecule has 1 aliphatic rings. The summed E-state index contributed by atoms with van der Waals surface area (Å²) >= 11 is 0. The highest BCUT2D eigenvalue weighted by molar-refractivity contribution is 5.47. The Morgan fingerprint density at radius 3 is 2.08 bits per heavy atom. The summed E-state index contributed by atoms with van der Waals surface area (Å²) in [6.07, 6.45) is 3.25. The molecule has 0 aromatic rings. The van der Waals surface area contributed by atoms with Crippen molar-refractivity contribution < 1.29 is 9.28 Å². The van der Waals surface area contributed by atoms with E-state index in [-0.39, 0.29) is 0 Å². The molecule has 0 N–H and O–H groups in total. The first-order valence-electron chi connectivity index (χ1n) is 4.54. The van der Waals surface area contributed by atoms with Crippen molar-refractivity contribution in [2.45, 2.75) is 18.9 Å². The van der Waals surface area contributed by atoms with Crippen LogP contribution in [-0.2, 0) is 4.79 Å². The average molecular weight is 171 g/mol. The number of rotatable bonds is 2. The zero-order valence-corrected chi connectivity index (χ0v) is 8.29. The summed E-state index contributed by atoms with van der Waals surface area (Å²) in [5, 5.41) is 0. The molecule has 1 saturated heterocycles. The highest BCUT2D eigenvalue weighted by atomic mass is 16.1. The minimum Gasteiger partial charge on any atom is -0.345 e. The van der Waals surface area contributed by atoms with Crippen LogP contribution >= 0.6 is 0 Å². The quantitative estimate of drug-likeness (QED) is 0.432. The second kappa shape index (κ2) is 3.44. The lowest BCUT2D eigenvalue weighted by atomic mass is 10.0. The van der Waals surface area contributed by atoms with Crippen molar-refractivity contribution in [2.24, 2.45) is 0 Å². The van der Waals surface area contributed by atoms with E-state index in [9.17, 15) is 4.79 Å². The second-order valence-electron chi connectivity index (χ2n) is 4.49. The van der Waals surface area contributed by atoms with Crippen LogP contribution in [0.5, 0.6) is 0 Å². The van der Waals surface area contributed by atoms with Gasteiger partial charge < -0.3 is 9.38 Å². The minimum absolute atomic E-state index is 0.723. The van der Waals surface area contributed by atoms with Gasteiger partial charge in [0.1, 0.15) is 0 Å². The molecule has 3 heteroatoms. The molecule has 1 rings (SSSR count). The van der Waals surface area contributed by atoms with Crippen molar-refractivity contribution in [3.63, 3.8) is 0 Å². The van der Waals surface area contributed by atoms with Gasteiger partial charge in [0.25, 0.3) is 0 Å². The largest absolute Gasteiger partial charge is 0.345 e. The lowest BCUT2D eigenvalue weighted by Gasteiger charge is -2.39. The van der Waals surface area contributed by atoms with E-state index in [1.54, 1.807) is 0 Å². The van der Waals surface area contributed by atoms with Gasteiger partial charge in [0.15, 0.2) is 0 Å². The van der Waals surface area contributed by atoms with Crippen LogP contribution in [0.15, 0.2) is 0 Å². The molecule has 0 aromatic heterocycles. The molecule has 1 fully saturated rings. The number of amides is 1. The van der Waals surface area contributed by atoms with E-state index in [1.807, 2.05) is 4.90 Å². The molecule has 0 saturated carbocycles. The van der Waals surface area contributed by atoms with E-state index in [2.05, 4.69) is 21.1 Å². The molecule has 12 heavy (non-hydrogen) atoms. The Labute approximate surface area is 74.5 Å². The summed E-state index contributed by atoms with van der Waals surface area (Å²) in [4.78, 5) is 12.3. The lowest BCUT2D eigenvalue weighted by molar-refractivity contribution is -0.897. The molecule has 0 radical (unpaired) electrons. The maximum atomic E-state index is 10.4. The fourth-order valence-electron chi connectivity index (χ4n) is 1.77. The molecular formula is C9H19N2O+. The van der Waals surface area contributed by atoms with Gasteiger partial charge in [-0.25, -0.2) is 0 Å². The van der Waals surface area contributed by atoms with Gasteiger partial charge in [-0.1, -0.05) is 0 Å². The first-order chi connectivity index (χ1) is 5.54. The molecular weight excluding hydrogens is 152 g/mol. The van der Waals surface area contributed by atoms with Gasteiger partial charge in [0, 0.05) is 25.9 Å². The summed E-state index contributed by atoms with van der Waals surface area (Å²) in [6.45, 7) is 1.87. The molecule has 0 aliphatic carbocycles. The number of carbonyl (C=O) groups excluding carboxylic acids is 1. The van der Waals surface area contributed by atoms with Gasteiger partial charge in [0.05, 0.1) is 27.2 Å². The van der Waals surface area contributed by atoms with Gasteiger partial charge in [0.2, 0.25) is 6.41 Å². The average Bonchev–Trinajstić information content (AvgIpc) is 2.03. The number of quaternary nitrogens is 1. The Hall–Kier alpha value is -0.570. The standard InChI is InChI=1S/C9H19N2O/c1-11(2,3)9-4-6-10(8-12)7-5-9/h8-9H,4-7H2,1-3H3/q+1. The zero-order valence-electron chi connectivity index (χ0n) is 8.29. The van der Waals surface area contributed by atoms with Crippen LogP contribution in [0, 0.1) is 0 Å². The third-order valence-electron chi connectivity index (χ3n) is 2.74. The number of piperidine rings is 1. The van der Waals surface area contributed by atoms with Gasteiger partial charge >= 0.3 is 0 Å². The first-order valence-corrected chi connectivity index (χ1v) is 4.54. The van der Waals surface area contributed by atoms with E-state index >= 15 is 0 Å². The summed E-state index contributed by atoms with van der Waals surface area (Å²) in [7, 11) is 6.67. The van der Waals surface area contributed by atoms with Gasteiger partial charge in [-0.2, -0.15) is 0 Å². The Bertz CT molecular complexity index is 154. The molecule has 1 aliphatic heterocycles. The Balaban J connectivity index is 2.41. The van der Waals surface area contributed by atoms with Crippen LogP contribution in [0.25, 0.3) is 0 Å². The fourth-order valence-corrected chi connectivity index (χ4v) is 1.77. The summed E-state index contributed by atoms with van der Waals surface area (Å²) in [5.41, 5.74) is 0. The van der Waals surface area contributed by atoms with Gasteiger partial charge in [-0.15, -0.1) is 0 Å². The number of carbonyl (C=O) groups is 1. The molecule has 3 nitrogen and oxygen atoms in total. The number of hydrogen-bond donors (Lipinski definition) is 0. The minimum atomic E-state index is 0.723. The predicted octanol–water partition coefficient (Wildman–Crippen LogP) is 0.313. The van der Waals surface area contributed by atoms with Gasteiger partial charge in [-0.05, 0) is 0 Å². The topological polar surface area (TPSA) is 20.3 Å². The normalized spacial score (nSPS) is 21.1. The number of nitrogens with zero attached hydrogens (tertiary/aromatic N) is 2. The molecule has 70 valence electrons. The Kier molecular flexibility index (Phi) is 2.73. The van der Waals surface area contributed by atoms with Crippen LogP contribution in [0.2, 0.25) is 0 Å². The smallest absolute Gasteiger partial charge is 0.209 e. The molecule has 0 spiro atoms. The van der Waals surface area contributed by atoms with E-state index in [4.69, 9.17) is 0 Å². The maximum Gasteiger partial charge on any atom is 0.209 e. The zero-order chi connectivity index (χ0) is 9.19. The summed E-state index contributed by atoms with van der Waals surface area (Å²) < 4.78 is 1.02. The summed E-state index contributed by atoms with van der Waals surface area (Å²) in [6, 6.07) is 0.723. The molecule has 0 bridgehead atoms. The van der Waals surface area contributed by atoms with E-state index < -0.39 is 0 Å². The van der Waals surface area contributed by atoms with Crippen molar-refractivity contribution in [1.82, 2.24) is 4.90 Å². The third kappa shape index (κ3) is 2.21. The molecule has 1 heterocycles. The van der Waals surface area contributed by atoms with Crippen molar-refractivity contribution in [3.8, 4) is 0 Å². The number of likely N-dealkylation sites (tertiary alicyclic amines) is 1. The molecule has 1 amide bonds. The Morgan fingerprint density at radius 2 is 1.75 bits per heavy atom. The van der Waals surface area contributed by atoms with Crippen LogP contribution in [0.1, 0.15) is 12.8 Å². The molecule has 0 aromatic carbocycles. The Morgan fingerprint density at radius 1 is 1.25 bits per heavy atom. The van der Waals surface area contributed by atoms with Crippen molar-refractivity contribution in [3.05, 3.63) is 0 Å². The van der Waals surface area contributed by atoms with E-state index in [0.29, 0.717) is 0 Å². The first kappa shape index (κ1) is 9.52. The maximum absolute atomic E-state index is 10.4. The van der Waals surface area contributed by atoms with Gasteiger partial charge in [-0.3, -0.25) is 4.79 Å². The second-order valence-corrected chi connectivity index (χ2v) is 4.49. The predicted molar refractivity (Wildman–Crippen MR) is 48.7 cm³/mol. The van der Waals surface area contributed by atoms with E-state index in [1.165, 1.54) is 0 Å². The van der Waals surface area contributed by atoms with Crippen LogP contribution in [0.3, 0.4) is 0 Å². The SMILES string of the molecule is C[N+](C)(C)C1CCN(C=O)CC1. The third-order valence-corrected chi connectivity index (χ3v) is 2.74. The highest BCUT2D eigenvalue weighted by Crippen LogP contribution is 2.17. The van der Waals surface area contributed by atoms with E-state index in [0.717, 1.165) is 42.9 Å². The van der Waals surface area contributed by atoms with Crippen LogP contribution < -0.4 is 0 Å². The highest BCUT2D eigenvalue weighted by Gasteiger charge is 2.27.